The molecule has 10 aromatic carbocycles. The van der Waals surface area contributed by atoms with Crippen LogP contribution in [0.3, 0.4) is 0 Å². The summed E-state index contributed by atoms with van der Waals surface area (Å²) in [6, 6.07) is 65.4. The first-order valence-corrected chi connectivity index (χ1v) is 20.8. The highest BCUT2D eigenvalue weighted by Gasteiger charge is 2.19. The summed E-state index contributed by atoms with van der Waals surface area (Å²) in [5.41, 5.74) is 12.8. The molecule has 0 saturated heterocycles. The summed E-state index contributed by atoms with van der Waals surface area (Å²) in [6.45, 7) is 0. The molecular formula is C60H40N2. The van der Waals surface area contributed by atoms with E-state index in [1.165, 1.54) is 5.56 Å². The van der Waals surface area contributed by atoms with Crippen molar-refractivity contribution in [3.8, 4) is 67.0 Å². The van der Waals surface area contributed by atoms with Crippen molar-refractivity contribution in [2.75, 3.05) is 0 Å². The fraction of sp³-hybridized carbons (Fsp3) is 0. The number of hydrogen-bond acceptors (Lipinski definition) is 0. The molecule has 12 rings (SSSR count). The predicted molar refractivity (Wildman–Crippen MR) is 262 cm³/mol. The zero-order chi connectivity index (χ0) is 47.1. The lowest BCUT2D eigenvalue weighted by molar-refractivity contribution is 1.18. The molecule has 2 aromatic heterocycles. The molecule has 0 aliphatic heterocycles. The van der Waals surface area contributed by atoms with E-state index in [1.807, 2.05) is 109 Å². The van der Waals surface area contributed by atoms with Crippen molar-refractivity contribution >= 4 is 43.6 Å². The third-order valence-electron chi connectivity index (χ3n) is 12.0. The summed E-state index contributed by atoms with van der Waals surface area (Å²) < 4.78 is 69.6. The quantitative estimate of drug-likeness (QED) is 0.152. The third kappa shape index (κ3) is 5.96. The lowest BCUT2D eigenvalue weighted by atomic mass is 9.97. The molecule has 0 saturated carbocycles. The Hall–Kier alpha value is -8.20. The molecular weight excluding hydrogens is 749 g/mol. The van der Waals surface area contributed by atoms with Gasteiger partial charge in [0, 0.05) is 32.8 Å². The van der Waals surface area contributed by atoms with Crippen LogP contribution in [0.15, 0.2) is 242 Å². The van der Waals surface area contributed by atoms with E-state index in [1.54, 1.807) is 4.57 Å². The van der Waals surface area contributed by atoms with Gasteiger partial charge in [-0.2, -0.15) is 0 Å². The summed E-state index contributed by atoms with van der Waals surface area (Å²) in [5.74, 6) is 0. The number of hydrogen-bond donors (Lipinski definition) is 0. The van der Waals surface area contributed by atoms with E-state index in [0.29, 0.717) is 11.3 Å². The Bertz CT molecular complexity index is 3990. The van der Waals surface area contributed by atoms with E-state index in [2.05, 4.69) is 95.6 Å². The van der Waals surface area contributed by atoms with Crippen molar-refractivity contribution in [2.45, 2.75) is 0 Å². The van der Waals surface area contributed by atoms with Gasteiger partial charge in [-0.1, -0.05) is 188 Å². The van der Waals surface area contributed by atoms with Crippen LogP contribution < -0.4 is 0 Å². The minimum Gasteiger partial charge on any atom is -0.309 e. The van der Waals surface area contributed by atoms with Crippen LogP contribution in [0.4, 0.5) is 0 Å². The zero-order valence-corrected chi connectivity index (χ0v) is 33.4. The summed E-state index contributed by atoms with van der Waals surface area (Å²) in [6.07, 6.45) is 0. The van der Waals surface area contributed by atoms with Gasteiger partial charge in [-0.3, -0.25) is 0 Å². The highest BCUT2D eigenvalue weighted by molar-refractivity contribution is 6.17. The van der Waals surface area contributed by atoms with Gasteiger partial charge >= 0.3 is 0 Å². The Morgan fingerprint density at radius 3 is 1.56 bits per heavy atom. The van der Waals surface area contributed by atoms with Gasteiger partial charge in [0.1, 0.15) is 0 Å². The SMILES string of the molecule is [2H]c1c([2H])c([2H])c2c(c1[2H])c1c([2H])c(-c3ccc4c(c3)c3c(-c5ccccc5)cccc3n4-c3ccc(-c4ccc(-c5ccccc5)cc4)cc3)c([2H])c([2H])c1n2-c1ccccc1-c1ccccc1. The summed E-state index contributed by atoms with van der Waals surface area (Å²) in [4.78, 5) is 0. The van der Waals surface area contributed by atoms with E-state index >= 15 is 0 Å². The topological polar surface area (TPSA) is 9.86 Å². The van der Waals surface area contributed by atoms with E-state index in [9.17, 15) is 6.85 Å². The number of nitrogens with zero attached hydrogens (tertiary/aromatic N) is 2. The molecule has 2 heterocycles. The van der Waals surface area contributed by atoms with Crippen molar-refractivity contribution < 1.29 is 9.60 Å². The average molecular weight is 796 g/mol. The second-order valence-corrected chi connectivity index (χ2v) is 15.5. The first kappa shape index (κ1) is 29.1. The number of fused-ring (bicyclic) bond motifs is 6. The Morgan fingerprint density at radius 2 is 0.855 bits per heavy atom. The molecule has 0 bridgehead atoms. The van der Waals surface area contributed by atoms with E-state index in [-0.39, 0.29) is 57.6 Å². The molecule has 0 radical (unpaired) electrons. The van der Waals surface area contributed by atoms with Crippen LogP contribution in [0.25, 0.3) is 111 Å². The van der Waals surface area contributed by atoms with Crippen molar-refractivity contribution in [3.05, 3.63) is 242 Å². The van der Waals surface area contributed by atoms with Gasteiger partial charge in [0.2, 0.25) is 0 Å². The average Bonchev–Trinajstić information content (AvgIpc) is 3.94. The van der Waals surface area contributed by atoms with Gasteiger partial charge in [-0.25, -0.2) is 0 Å². The summed E-state index contributed by atoms with van der Waals surface area (Å²) in [7, 11) is 0. The number of para-hydroxylation sites is 2. The fourth-order valence-corrected chi connectivity index (χ4v) is 9.08. The Labute approximate surface area is 370 Å². The maximum Gasteiger partial charge on any atom is 0.0645 e. The number of rotatable bonds is 7. The molecule has 62 heavy (non-hydrogen) atoms. The lowest BCUT2D eigenvalue weighted by Crippen LogP contribution is -1.97. The summed E-state index contributed by atoms with van der Waals surface area (Å²) >= 11 is 0. The Kier molecular flexibility index (Phi) is 6.95. The molecule has 12 aromatic rings. The van der Waals surface area contributed by atoms with Crippen molar-refractivity contribution in [3.63, 3.8) is 0 Å². The highest BCUT2D eigenvalue weighted by atomic mass is 15.0. The van der Waals surface area contributed by atoms with Crippen LogP contribution in [0, 0.1) is 0 Å². The van der Waals surface area contributed by atoms with E-state index in [0.717, 1.165) is 66.4 Å². The highest BCUT2D eigenvalue weighted by Crippen LogP contribution is 2.42. The van der Waals surface area contributed by atoms with E-state index in [4.69, 9.17) is 2.74 Å². The lowest BCUT2D eigenvalue weighted by Gasteiger charge is -2.14. The van der Waals surface area contributed by atoms with Crippen LogP contribution in [-0.2, 0) is 0 Å². The summed E-state index contributed by atoms with van der Waals surface area (Å²) in [5, 5.41) is 2.22. The first-order valence-electron chi connectivity index (χ1n) is 24.3. The van der Waals surface area contributed by atoms with Crippen LogP contribution in [-0.4, -0.2) is 9.13 Å². The second-order valence-electron chi connectivity index (χ2n) is 15.5. The molecule has 290 valence electrons. The van der Waals surface area contributed by atoms with Gasteiger partial charge in [-0.15, -0.1) is 0 Å². The van der Waals surface area contributed by atoms with Crippen LogP contribution in [0.5, 0.6) is 0 Å². The van der Waals surface area contributed by atoms with Crippen LogP contribution >= 0.6 is 0 Å². The minimum atomic E-state index is -0.429. The van der Waals surface area contributed by atoms with Gasteiger partial charge < -0.3 is 9.13 Å². The minimum absolute atomic E-state index is 0.0873. The standard InChI is InChI=1S/C60H40N2/c1-4-15-41(16-5-1)42-27-29-43(30-28-42)44-31-35-49(36-32-44)61-58-38-34-48(40-54(58)60-51(23-14-26-59(60)61)46-19-8-3-9-20-46)47-33-37-57-53(39-47)52-22-11-13-25-56(52)62(57)55-24-12-10-21-50(55)45-17-6-2-7-18-45/h1-40H/i11D,13D,22D,25D,33D,37D,39D. The largest absolute Gasteiger partial charge is 0.309 e. The maximum absolute atomic E-state index is 10.0. The maximum atomic E-state index is 10.0. The fourth-order valence-electron chi connectivity index (χ4n) is 9.08. The molecule has 0 unspecified atom stereocenters. The first-order chi connectivity index (χ1) is 33.7. The van der Waals surface area contributed by atoms with Crippen molar-refractivity contribution in [2.24, 2.45) is 0 Å². The molecule has 0 aliphatic carbocycles. The van der Waals surface area contributed by atoms with Gasteiger partial charge in [0.15, 0.2) is 0 Å². The Balaban J connectivity index is 1.08. The second kappa shape index (κ2) is 14.8. The number of benzene rings is 10. The Morgan fingerprint density at radius 1 is 0.306 bits per heavy atom. The van der Waals surface area contributed by atoms with Gasteiger partial charge in [-0.05, 0) is 105 Å². The molecule has 0 atom stereocenters. The normalized spacial score (nSPS) is 13.1. The zero-order valence-electron chi connectivity index (χ0n) is 40.4. The van der Waals surface area contributed by atoms with Crippen molar-refractivity contribution in [1.29, 1.82) is 0 Å². The molecule has 0 spiro atoms. The molecule has 0 aliphatic rings. The molecule has 0 N–H and O–H groups in total. The molecule has 2 nitrogen and oxygen atoms in total. The third-order valence-corrected chi connectivity index (χ3v) is 12.0. The van der Waals surface area contributed by atoms with E-state index < -0.39 is 12.1 Å². The molecule has 0 amide bonds. The van der Waals surface area contributed by atoms with Gasteiger partial charge in [0.25, 0.3) is 0 Å². The monoisotopic (exact) mass is 795 g/mol. The van der Waals surface area contributed by atoms with Crippen LogP contribution in [0.1, 0.15) is 9.60 Å². The van der Waals surface area contributed by atoms with Gasteiger partial charge in [0.05, 0.1) is 37.3 Å². The molecule has 0 fully saturated rings. The molecule has 2 heteroatoms. The van der Waals surface area contributed by atoms with Crippen molar-refractivity contribution in [1.82, 2.24) is 9.13 Å². The number of aromatic nitrogens is 2. The smallest absolute Gasteiger partial charge is 0.0645 e. The van der Waals surface area contributed by atoms with Crippen LogP contribution in [0.2, 0.25) is 0 Å². The predicted octanol–water partition coefficient (Wildman–Crippen LogP) is 16.2.